The average Bonchev–Trinajstić information content (AvgIpc) is 3.20. The van der Waals surface area contributed by atoms with Gasteiger partial charge in [0.15, 0.2) is 0 Å². The topological polar surface area (TPSA) is 46.3 Å². The minimum atomic E-state index is -0.238. The zero-order valence-corrected chi connectivity index (χ0v) is 11.4. The first kappa shape index (κ1) is 13.1. The van der Waals surface area contributed by atoms with Gasteiger partial charge in [0.05, 0.1) is 10.6 Å². The first-order chi connectivity index (χ1) is 8.56. The zero-order valence-electron chi connectivity index (χ0n) is 10.6. The molecular weight excluding hydrogens is 248 g/mol. The van der Waals surface area contributed by atoms with E-state index in [1.807, 2.05) is 19.1 Å². The Morgan fingerprint density at radius 1 is 1.50 bits per heavy atom. The van der Waals surface area contributed by atoms with Gasteiger partial charge in [-0.25, -0.2) is 10.9 Å². The Kier molecular flexibility index (Phi) is 3.73. The van der Waals surface area contributed by atoms with E-state index in [4.69, 9.17) is 17.4 Å². The average molecular weight is 265 g/mol. The van der Waals surface area contributed by atoms with Crippen LogP contribution in [-0.2, 0) is 0 Å². The van der Waals surface area contributed by atoms with E-state index in [1.54, 1.807) is 19.1 Å². The maximum Gasteiger partial charge on any atom is 0.273 e. The normalized spacial score (nSPS) is 15.7. The highest BCUT2D eigenvalue weighted by Crippen LogP contribution is 2.43. The van der Waals surface area contributed by atoms with Crippen LogP contribution in [0.1, 0.15) is 48.5 Å². The largest absolute Gasteiger partial charge is 0.273 e. The fourth-order valence-corrected chi connectivity index (χ4v) is 2.18. The quantitative estimate of drug-likeness (QED) is 0.516. The maximum absolute atomic E-state index is 12.4. The summed E-state index contributed by atoms with van der Waals surface area (Å²) in [6.07, 6.45) is 4.03. The van der Waals surface area contributed by atoms with E-state index in [1.165, 1.54) is 0 Å². The molecule has 1 aliphatic rings. The number of hydrazine groups is 1. The Labute approximate surface area is 112 Å². The number of hydrogen-bond acceptors (Lipinski definition) is 2. The summed E-state index contributed by atoms with van der Waals surface area (Å²) in [5.41, 5.74) is 2.28. The number of amides is 1. The number of nitrogens with zero attached hydrogens (tertiary/aromatic N) is 1. The summed E-state index contributed by atoms with van der Waals surface area (Å²) in [6.45, 7) is 3.64. The summed E-state index contributed by atoms with van der Waals surface area (Å²) in [5.74, 6) is 6.04. The highest BCUT2D eigenvalue weighted by atomic mass is 35.5. The molecule has 0 heterocycles. The molecule has 0 unspecified atom stereocenters. The Morgan fingerprint density at radius 3 is 2.72 bits per heavy atom. The Balaban J connectivity index is 2.40. The Morgan fingerprint density at radius 2 is 2.17 bits per heavy atom. The van der Waals surface area contributed by atoms with Crippen molar-refractivity contribution in [1.29, 1.82) is 0 Å². The molecule has 1 saturated carbocycles. The van der Waals surface area contributed by atoms with Gasteiger partial charge < -0.3 is 0 Å². The van der Waals surface area contributed by atoms with Crippen molar-refractivity contribution < 1.29 is 4.79 Å². The van der Waals surface area contributed by atoms with Crippen LogP contribution in [0.25, 0.3) is 0 Å². The van der Waals surface area contributed by atoms with Crippen LogP contribution in [0.3, 0.4) is 0 Å². The van der Waals surface area contributed by atoms with Gasteiger partial charge >= 0.3 is 0 Å². The van der Waals surface area contributed by atoms with Crippen LogP contribution in [0.5, 0.6) is 0 Å². The molecule has 0 bridgehead atoms. The molecule has 0 radical (unpaired) electrons. The molecule has 1 aromatic rings. The van der Waals surface area contributed by atoms with Gasteiger partial charge in [-0.3, -0.25) is 4.79 Å². The van der Waals surface area contributed by atoms with Crippen LogP contribution >= 0.6 is 11.6 Å². The second kappa shape index (κ2) is 5.12. The number of allylic oxidation sites excluding steroid dienone is 2. The first-order valence-corrected chi connectivity index (χ1v) is 6.44. The first-order valence-electron chi connectivity index (χ1n) is 6.06. The van der Waals surface area contributed by atoms with E-state index < -0.39 is 0 Å². The lowest BCUT2D eigenvalue weighted by atomic mass is 10.0. The van der Waals surface area contributed by atoms with E-state index in [9.17, 15) is 4.79 Å². The van der Waals surface area contributed by atoms with Crippen LogP contribution in [0.4, 0.5) is 0 Å². The molecule has 96 valence electrons. The van der Waals surface area contributed by atoms with Gasteiger partial charge in [0.25, 0.3) is 5.91 Å². The molecule has 2 rings (SSSR count). The van der Waals surface area contributed by atoms with Crippen LogP contribution in [0.2, 0.25) is 5.02 Å². The molecule has 0 aliphatic heterocycles. The van der Waals surface area contributed by atoms with E-state index in [-0.39, 0.29) is 5.91 Å². The fraction of sp³-hybridized carbons (Fsp3) is 0.357. The summed E-state index contributed by atoms with van der Waals surface area (Å²) in [4.78, 5) is 12.4. The van der Waals surface area contributed by atoms with Gasteiger partial charge in [0.2, 0.25) is 0 Å². The van der Waals surface area contributed by atoms with Crippen molar-refractivity contribution in [3.8, 4) is 0 Å². The third-order valence-corrected chi connectivity index (χ3v) is 3.61. The van der Waals surface area contributed by atoms with Gasteiger partial charge in [-0.1, -0.05) is 29.8 Å². The zero-order chi connectivity index (χ0) is 13.3. The number of nitrogens with two attached hydrogens (primary N) is 1. The summed E-state index contributed by atoms with van der Waals surface area (Å²) >= 11 is 6.17. The van der Waals surface area contributed by atoms with Crippen LogP contribution in [0.15, 0.2) is 30.0 Å². The minimum absolute atomic E-state index is 0.238. The minimum Gasteiger partial charge on any atom is -0.267 e. The molecular formula is C14H17ClN2O. The number of carbonyl (C=O) groups excluding carboxylic acids is 1. The van der Waals surface area contributed by atoms with Crippen molar-refractivity contribution in [3.63, 3.8) is 0 Å². The summed E-state index contributed by atoms with van der Waals surface area (Å²) in [6, 6.07) is 5.59. The molecule has 18 heavy (non-hydrogen) atoms. The second-order valence-corrected chi connectivity index (χ2v) is 4.99. The Bertz CT molecular complexity index is 507. The lowest BCUT2D eigenvalue weighted by Crippen LogP contribution is -2.36. The predicted molar refractivity (Wildman–Crippen MR) is 73.2 cm³/mol. The lowest BCUT2D eigenvalue weighted by molar-refractivity contribution is 0.0804. The standard InChI is InChI=1S/C14H17ClN2O/c1-3-9(2)17(16)14(18)13-11(10-7-8-10)5-4-6-12(13)15/h3-6,10H,7-8,16H2,1-2H3/b9-3+. The molecule has 1 fully saturated rings. The third kappa shape index (κ3) is 2.42. The molecule has 0 saturated heterocycles. The molecule has 1 aromatic carbocycles. The van der Waals surface area contributed by atoms with Crippen LogP contribution in [-0.4, -0.2) is 10.9 Å². The number of carbonyl (C=O) groups is 1. The summed E-state index contributed by atoms with van der Waals surface area (Å²) in [7, 11) is 0. The summed E-state index contributed by atoms with van der Waals surface area (Å²) < 4.78 is 0. The van der Waals surface area contributed by atoms with Crippen LogP contribution in [0, 0.1) is 0 Å². The molecule has 1 amide bonds. The van der Waals surface area contributed by atoms with E-state index >= 15 is 0 Å². The van der Waals surface area contributed by atoms with Gasteiger partial charge in [0, 0.05) is 5.70 Å². The van der Waals surface area contributed by atoms with Crippen molar-refractivity contribution in [2.24, 2.45) is 5.84 Å². The summed E-state index contributed by atoms with van der Waals surface area (Å²) in [5, 5.41) is 1.64. The number of benzene rings is 1. The van der Waals surface area contributed by atoms with Gasteiger partial charge in [0.1, 0.15) is 0 Å². The third-order valence-electron chi connectivity index (χ3n) is 3.29. The van der Waals surface area contributed by atoms with E-state index in [0.717, 1.165) is 23.4 Å². The number of hydrogen-bond donors (Lipinski definition) is 1. The molecule has 0 spiro atoms. The SMILES string of the molecule is C/C=C(\C)N(N)C(=O)c1c(Cl)cccc1C1CC1. The fourth-order valence-electron chi connectivity index (χ4n) is 1.92. The number of halogens is 1. The van der Waals surface area contributed by atoms with Crippen molar-refractivity contribution >= 4 is 17.5 Å². The second-order valence-electron chi connectivity index (χ2n) is 4.58. The van der Waals surface area contributed by atoms with E-state index in [0.29, 0.717) is 22.2 Å². The lowest BCUT2D eigenvalue weighted by Gasteiger charge is -2.19. The molecule has 1 aliphatic carbocycles. The molecule has 4 heteroatoms. The smallest absolute Gasteiger partial charge is 0.267 e. The van der Waals surface area contributed by atoms with Crippen molar-refractivity contribution in [1.82, 2.24) is 5.01 Å². The van der Waals surface area contributed by atoms with Gasteiger partial charge in [-0.05, 0) is 44.2 Å². The van der Waals surface area contributed by atoms with Gasteiger partial charge in [-0.2, -0.15) is 0 Å². The highest BCUT2D eigenvalue weighted by Gasteiger charge is 2.30. The van der Waals surface area contributed by atoms with Crippen molar-refractivity contribution in [3.05, 3.63) is 46.1 Å². The Hall–Kier alpha value is -1.32. The maximum atomic E-state index is 12.4. The number of rotatable bonds is 3. The molecule has 3 nitrogen and oxygen atoms in total. The van der Waals surface area contributed by atoms with Gasteiger partial charge in [-0.15, -0.1) is 0 Å². The molecule has 0 atom stereocenters. The van der Waals surface area contributed by atoms with Crippen molar-refractivity contribution in [2.45, 2.75) is 32.6 Å². The highest BCUT2D eigenvalue weighted by molar-refractivity contribution is 6.34. The van der Waals surface area contributed by atoms with E-state index in [2.05, 4.69) is 0 Å². The molecule has 0 aromatic heterocycles. The molecule has 2 N–H and O–H groups in total. The predicted octanol–water partition coefficient (Wildman–Crippen LogP) is 3.46. The monoisotopic (exact) mass is 264 g/mol. The van der Waals surface area contributed by atoms with Crippen molar-refractivity contribution in [2.75, 3.05) is 0 Å². The van der Waals surface area contributed by atoms with Crippen LogP contribution < -0.4 is 5.84 Å².